The SMILES string of the molecule is Cc1cccc(C(=O)N2CCC(N3CC(O)CC3C(=O)NCc3cccnc3)CC2)n1. The van der Waals surface area contributed by atoms with Crippen LogP contribution in [0, 0.1) is 6.92 Å². The normalized spacial score (nSPS) is 22.5. The Balaban J connectivity index is 1.34. The number of carbonyl (C=O) groups excluding carboxylic acids is 2. The number of aliphatic hydroxyl groups excluding tert-OH is 1. The van der Waals surface area contributed by atoms with Crippen LogP contribution < -0.4 is 5.32 Å². The Morgan fingerprint density at radius 1 is 1.19 bits per heavy atom. The maximum atomic E-state index is 12.8. The molecule has 4 rings (SSSR count). The molecule has 0 radical (unpaired) electrons. The van der Waals surface area contributed by atoms with Gasteiger partial charge in [-0.25, -0.2) is 4.98 Å². The van der Waals surface area contributed by atoms with Gasteiger partial charge in [-0.2, -0.15) is 0 Å². The van der Waals surface area contributed by atoms with E-state index >= 15 is 0 Å². The van der Waals surface area contributed by atoms with Gasteiger partial charge in [0.05, 0.1) is 12.1 Å². The van der Waals surface area contributed by atoms with E-state index < -0.39 is 6.10 Å². The molecule has 2 aromatic heterocycles. The summed E-state index contributed by atoms with van der Waals surface area (Å²) in [5, 5.41) is 13.2. The summed E-state index contributed by atoms with van der Waals surface area (Å²) in [7, 11) is 0. The lowest BCUT2D eigenvalue weighted by atomic mass is 10.0. The highest BCUT2D eigenvalue weighted by Gasteiger charge is 2.41. The molecule has 4 heterocycles. The van der Waals surface area contributed by atoms with Crippen LogP contribution in [-0.2, 0) is 11.3 Å². The first-order valence-corrected chi connectivity index (χ1v) is 10.8. The van der Waals surface area contributed by atoms with E-state index in [-0.39, 0.29) is 23.9 Å². The molecule has 8 heteroatoms. The highest BCUT2D eigenvalue weighted by atomic mass is 16.3. The fourth-order valence-corrected chi connectivity index (χ4v) is 4.53. The smallest absolute Gasteiger partial charge is 0.272 e. The van der Waals surface area contributed by atoms with Crippen molar-refractivity contribution in [1.29, 1.82) is 0 Å². The van der Waals surface area contributed by atoms with Gasteiger partial charge in [0.1, 0.15) is 5.69 Å². The first kappa shape index (κ1) is 21.4. The number of β-amino-alcohol motifs (C(OH)–C–C–N with tert-alkyl or cyclic N) is 1. The molecule has 2 aliphatic rings. The zero-order chi connectivity index (χ0) is 21.8. The lowest BCUT2D eigenvalue weighted by molar-refractivity contribution is -0.126. The number of aliphatic hydroxyl groups is 1. The minimum atomic E-state index is -0.509. The number of pyridine rings is 2. The molecule has 164 valence electrons. The van der Waals surface area contributed by atoms with Gasteiger partial charge >= 0.3 is 0 Å². The van der Waals surface area contributed by atoms with E-state index in [1.54, 1.807) is 18.5 Å². The van der Waals surface area contributed by atoms with Gasteiger partial charge in [-0.05, 0) is 49.9 Å². The predicted molar refractivity (Wildman–Crippen MR) is 115 cm³/mol. The molecule has 2 aromatic rings. The van der Waals surface area contributed by atoms with Crippen molar-refractivity contribution in [3.8, 4) is 0 Å². The van der Waals surface area contributed by atoms with Gasteiger partial charge in [-0.3, -0.25) is 19.5 Å². The summed E-state index contributed by atoms with van der Waals surface area (Å²) in [6, 6.07) is 9.06. The molecular formula is C23H29N5O3. The first-order chi connectivity index (χ1) is 15.0. The van der Waals surface area contributed by atoms with Crippen molar-refractivity contribution in [2.75, 3.05) is 19.6 Å². The van der Waals surface area contributed by atoms with Crippen molar-refractivity contribution in [2.24, 2.45) is 0 Å². The van der Waals surface area contributed by atoms with Gasteiger partial charge in [0.15, 0.2) is 0 Å². The van der Waals surface area contributed by atoms with Crippen LogP contribution in [0.4, 0.5) is 0 Å². The Morgan fingerprint density at radius 2 is 2.00 bits per heavy atom. The number of carbonyl (C=O) groups is 2. The Hall–Kier alpha value is -2.84. The molecule has 8 nitrogen and oxygen atoms in total. The van der Waals surface area contributed by atoms with E-state index in [4.69, 9.17) is 0 Å². The van der Waals surface area contributed by atoms with Crippen molar-refractivity contribution >= 4 is 11.8 Å². The van der Waals surface area contributed by atoms with Crippen LogP contribution in [0.5, 0.6) is 0 Å². The summed E-state index contributed by atoms with van der Waals surface area (Å²) in [5.41, 5.74) is 2.24. The van der Waals surface area contributed by atoms with Crippen LogP contribution in [0.2, 0.25) is 0 Å². The fourth-order valence-electron chi connectivity index (χ4n) is 4.53. The van der Waals surface area contributed by atoms with Crippen molar-refractivity contribution in [1.82, 2.24) is 25.1 Å². The topological polar surface area (TPSA) is 98.7 Å². The van der Waals surface area contributed by atoms with E-state index in [0.29, 0.717) is 38.3 Å². The van der Waals surface area contributed by atoms with Crippen LogP contribution >= 0.6 is 0 Å². The zero-order valence-corrected chi connectivity index (χ0v) is 17.8. The third kappa shape index (κ3) is 5.08. The van der Waals surface area contributed by atoms with Crippen molar-refractivity contribution in [3.63, 3.8) is 0 Å². The van der Waals surface area contributed by atoms with Crippen LogP contribution in [0.15, 0.2) is 42.7 Å². The van der Waals surface area contributed by atoms with Gasteiger partial charge in [-0.1, -0.05) is 12.1 Å². The van der Waals surface area contributed by atoms with Gasteiger partial charge in [0, 0.05) is 50.3 Å². The first-order valence-electron chi connectivity index (χ1n) is 10.8. The van der Waals surface area contributed by atoms with E-state index in [9.17, 15) is 14.7 Å². The maximum Gasteiger partial charge on any atom is 0.272 e. The van der Waals surface area contributed by atoms with Gasteiger partial charge in [0.25, 0.3) is 5.91 Å². The molecule has 0 spiro atoms. The number of amides is 2. The molecule has 2 amide bonds. The molecule has 2 N–H and O–H groups in total. The second-order valence-electron chi connectivity index (χ2n) is 8.37. The quantitative estimate of drug-likeness (QED) is 0.748. The summed E-state index contributed by atoms with van der Waals surface area (Å²) in [4.78, 5) is 38.0. The maximum absolute atomic E-state index is 12.8. The molecule has 2 atom stereocenters. The van der Waals surface area contributed by atoms with Crippen molar-refractivity contribution in [3.05, 3.63) is 59.7 Å². The average Bonchev–Trinajstić information content (AvgIpc) is 3.19. The Morgan fingerprint density at radius 3 is 2.71 bits per heavy atom. The van der Waals surface area contributed by atoms with Crippen molar-refractivity contribution < 1.29 is 14.7 Å². The molecule has 0 bridgehead atoms. The summed E-state index contributed by atoms with van der Waals surface area (Å²) >= 11 is 0. The number of likely N-dealkylation sites (tertiary alicyclic amines) is 2. The minimum Gasteiger partial charge on any atom is -0.392 e. The summed E-state index contributed by atoms with van der Waals surface area (Å²) in [5.74, 6) is -0.114. The Labute approximate surface area is 182 Å². The number of aromatic nitrogens is 2. The molecule has 2 unspecified atom stereocenters. The number of nitrogens with zero attached hydrogens (tertiary/aromatic N) is 4. The molecule has 2 aliphatic heterocycles. The van der Waals surface area contributed by atoms with Crippen LogP contribution in [-0.4, -0.2) is 74.5 Å². The van der Waals surface area contributed by atoms with E-state index in [1.807, 2.05) is 36.1 Å². The second kappa shape index (κ2) is 9.53. The number of rotatable bonds is 5. The minimum absolute atomic E-state index is 0.0469. The van der Waals surface area contributed by atoms with E-state index in [1.165, 1.54) is 0 Å². The molecule has 0 aliphatic carbocycles. The standard InChI is InChI=1S/C23H29N5O3/c1-16-4-2-6-20(26-16)23(31)27-10-7-18(8-11-27)28-15-19(29)12-21(28)22(30)25-14-17-5-3-9-24-13-17/h2-6,9,13,18-19,21,29H,7-8,10-12,14-15H2,1H3,(H,25,30). The number of nitrogens with one attached hydrogen (secondary N) is 1. The fraction of sp³-hybridized carbons (Fsp3) is 0.478. The Bertz CT molecular complexity index is 914. The number of hydrogen-bond donors (Lipinski definition) is 2. The monoisotopic (exact) mass is 423 g/mol. The second-order valence-corrected chi connectivity index (χ2v) is 8.37. The van der Waals surface area contributed by atoms with Gasteiger partial charge < -0.3 is 15.3 Å². The average molecular weight is 424 g/mol. The number of aryl methyl sites for hydroxylation is 1. The zero-order valence-electron chi connectivity index (χ0n) is 17.8. The van der Waals surface area contributed by atoms with Crippen LogP contribution in [0.3, 0.4) is 0 Å². The molecule has 0 saturated carbocycles. The Kier molecular flexibility index (Phi) is 6.58. The highest BCUT2D eigenvalue weighted by molar-refractivity contribution is 5.92. The largest absolute Gasteiger partial charge is 0.392 e. The number of hydrogen-bond acceptors (Lipinski definition) is 6. The third-order valence-corrected chi connectivity index (χ3v) is 6.14. The molecule has 31 heavy (non-hydrogen) atoms. The third-order valence-electron chi connectivity index (χ3n) is 6.14. The van der Waals surface area contributed by atoms with Crippen LogP contribution in [0.25, 0.3) is 0 Å². The van der Waals surface area contributed by atoms with Gasteiger partial charge in [0.2, 0.25) is 5.91 Å². The van der Waals surface area contributed by atoms with Crippen LogP contribution in [0.1, 0.15) is 41.0 Å². The van der Waals surface area contributed by atoms with E-state index in [2.05, 4.69) is 20.2 Å². The molecular weight excluding hydrogens is 394 g/mol. The summed E-state index contributed by atoms with van der Waals surface area (Å²) in [6.45, 7) is 4.03. The summed E-state index contributed by atoms with van der Waals surface area (Å²) in [6.07, 6.45) is 4.91. The van der Waals surface area contributed by atoms with Crippen molar-refractivity contribution in [2.45, 2.75) is 50.9 Å². The molecule has 0 aromatic carbocycles. The van der Waals surface area contributed by atoms with Gasteiger partial charge in [-0.15, -0.1) is 0 Å². The molecule has 2 fully saturated rings. The number of piperidine rings is 1. The molecule has 2 saturated heterocycles. The van der Waals surface area contributed by atoms with E-state index in [0.717, 1.165) is 24.1 Å². The highest BCUT2D eigenvalue weighted by Crippen LogP contribution is 2.27. The summed E-state index contributed by atoms with van der Waals surface area (Å²) < 4.78 is 0. The lowest BCUT2D eigenvalue weighted by Crippen LogP contribution is -2.52. The predicted octanol–water partition coefficient (Wildman–Crippen LogP) is 1.14. The lowest BCUT2D eigenvalue weighted by Gasteiger charge is -2.38.